The third-order valence-corrected chi connectivity index (χ3v) is 2.46. The van der Waals surface area contributed by atoms with E-state index in [1.54, 1.807) is 12.3 Å². The molecular weight excluding hydrogens is 215 g/mol. The van der Waals surface area contributed by atoms with Crippen molar-refractivity contribution in [3.63, 3.8) is 0 Å². The summed E-state index contributed by atoms with van der Waals surface area (Å²) in [7, 11) is 0. The van der Waals surface area contributed by atoms with Gasteiger partial charge in [0.25, 0.3) is 0 Å². The average molecular weight is 225 g/mol. The molecule has 2 rings (SSSR count). The van der Waals surface area contributed by atoms with Crippen LogP contribution in [0.5, 0.6) is 0 Å². The molecule has 1 aromatic carbocycles. The summed E-state index contributed by atoms with van der Waals surface area (Å²) in [6.07, 6.45) is -0.212. The van der Waals surface area contributed by atoms with Gasteiger partial charge in [0.2, 0.25) is 0 Å². The Morgan fingerprint density at radius 2 is 2.06 bits per heavy atom. The highest BCUT2D eigenvalue weighted by Crippen LogP contribution is 2.32. The van der Waals surface area contributed by atoms with Gasteiger partial charge in [-0.05, 0) is 24.1 Å². The summed E-state index contributed by atoms with van der Waals surface area (Å²) >= 11 is 0. The Morgan fingerprint density at radius 3 is 2.69 bits per heavy atom. The van der Waals surface area contributed by atoms with E-state index in [0.717, 1.165) is 23.1 Å². The van der Waals surface area contributed by atoms with Crippen LogP contribution in [-0.4, -0.2) is 4.98 Å². The number of aromatic nitrogens is 1. The topological polar surface area (TPSA) is 15.8 Å². The molecule has 4 heteroatoms. The number of H-pyrrole nitrogens is 1. The van der Waals surface area contributed by atoms with E-state index in [-0.39, 0.29) is 0 Å². The molecule has 1 N–H and O–H groups in total. The first-order valence-corrected chi connectivity index (χ1v) is 4.80. The maximum Gasteiger partial charge on any atom is 0.416 e. The molecule has 1 nitrogen and oxygen atoms in total. The maximum atomic E-state index is 12.4. The minimum Gasteiger partial charge on any atom is -0.361 e. The lowest BCUT2D eigenvalue weighted by molar-refractivity contribution is -0.137. The van der Waals surface area contributed by atoms with Crippen LogP contribution in [0.3, 0.4) is 0 Å². The molecule has 0 aliphatic rings. The number of aromatic amines is 1. The van der Waals surface area contributed by atoms with E-state index in [1.807, 2.05) is 0 Å². The summed E-state index contributed by atoms with van der Waals surface area (Å²) in [5.74, 6) is 0. The van der Waals surface area contributed by atoms with Crippen LogP contribution in [0.1, 0.15) is 11.1 Å². The zero-order valence-electron chi connectivity index (χ0n) is 8.43. The van der Waals surface area contributed by atoms with Crippen LogP contribution in [0.2, 0.25) is 0 Å². The Hall–Kier alpha value is -1.71. The molecule has 0 aliphatic carbocycles. The van der Waals surface area contributed by atoms with Crippen molar-refractivity contribution in [1.82, 2.24) is 4.98 Å². The van der Waals surface area contributed by atoms with Gasteiger partial charge in [-0.3, -0.25) is 0 Å². The second kappa shape index (κ2) is 3.70. The first-order chi connectivity index (χ1) is 7.52. The van der Waals surface area contributed by atoms with Crippen LogP contribution in [0, 0.1) is 0 Å². The van der Waals surface area contributed by atoms with Crippen molar-refractivity contribution in [2.45, 2.75) is 12.6 Å². The smallest absolute Gasteiger partial charge is 0.361 e. The molecule has 2 aromatic rings. The zero-order chi connectivity index (χ0) is 11.8. The van der Waals surface area contributed by atoms with Crippen molar-refractivity contribution in [2.75, 3.05) is 0 Å². The van der Waals surface area contributed by atoms with Gasteiger partial charge in [0.05, 0.1) is 5.56 Å². The standard InChI is InChI=1S/C12H10F3N/c1-2-3-8-7-16-11-6-9(12(13,14)15)4-5-10(8)11/h2,4-7,16H,1,3H2. The van der Waals surface area contributed by atoms with Crippen molar-refractivity contribution in [3.8, 4) is 0 Å². The quantitative estimate of drug-likeness (QED) is 0.746. The molecule has 0 radical (unpaired) electrons. The van der Waals surface area contributed by atoms with E-state index in [4.69, 9.17) is 0 Å². The number of benzene rings is 1. The first kappa shape index (κ1) is 10.8. The number of rotatable bonds is 2. The third-order valence-electron chi connectivity index (χ3n) is 2.46. The number of halogens is 3. The molecule has 0 fully saturated rings. The van der Waals surface area contributed by atoms with Crippen molar-refractivity contribution >= 4 is 10.9 Å². The Bertz CT molecular complexity index is 523. The zero-order valence-corrected chi connectivity index (χ0v) is 8.43. The number of alkyl halides is 3. The summed E-state index contributed by atoms with van der Waals surface area (Å²) in [5.41, 5.74) is 0.831. The molecule has 1 aromatic heterocycles. The highest BCUT2D eigenvalue weighted by atomic mass is 19.4. The van der Waals surface area contributed by atoms with Crippen molar-refractivity contribution in [2.24, 2.45) is 0 Å². The molecule has 1 heterocycles. The fraction of sp³-hybridized carbons (Fsp3) is 0.167. The van der Waals surface area contributed by atoms with Crippen LogP contribution < -0.4 is 0 Å². The normalized spacial score (nSPS) is 11.9. The summed E-state index contributed by atoms with van der Waals surface area (Å²) in [4.78, 5) is 2.84. The predicted molar refractivity (Wildman–Crippen MR) is 57.2 cm³/mol. The van der Waals surface area contributed by atoms with E-state index in [1.165, 1.54) is 6.07 Å². The molecule has 16 heavy (non-hydrogen) atoms. The van der Waals surface area contributed by atoms with Gasteiger partial charge in [0.15, 0.2) is 0 Å². The molecule has 0 amide bonds. The lowest BCUT2D eigenvalue weighted by Gasteiger charge is -2.06. The second-order valence-electron chi connectivity index (χ2n) is 3.56. The van der Waals surface area contributed by atoms with Gasteiger partial charge in [-0.1, -0.05) is 12.1 Å². The third kappa shape index (κ3) is 1.83. The van der Waals surface area contributed by atoms with Crippen molar-refractivity contribution in [1.29, 1.82) is 0 Å². The molecule has 0 saturated carbocycles. The van der Waals surface area contributed by atoms with Gasteiger partial charge in [-0.25, -0.2) is 0 Å². The molecule has 84 valence electrons. The number of hydrogen-bond acceptors (Lipinski definition) is 0. The van der Waals surface area contributed by atoms with Gasteiger partial charge >= 0.3 is 6.18 Å². The van der Waals surface area contributed by atoms with E-state index < -0.39 is 11.7 Å². The van der Waals surface area contributed by atoms with Gasteiger partial charge in [-0.15, -0.1) is 6.58 Å². The van der Waals surface area contributed by atoms with Gasteiger partial charge in [-0.2, -0.15) is 13.2 Å². The van der Waals surface area contributed by atoms with E-state index in [0.29, 0.717) is 11.9 Å². The number of allylic oxidation sites excluding steroid dienone is 1. The molecule has 0 aliphatic heterocycles. The fourth-order valence-electron chi connectivity index (χ4n) is 1.69. The molecular formula is C12H10F3N. The molecule has 0 saturated heterocycles. The van der Waals surface area contributed by atoms with Crippen LogP contribution in [0.25, 0.3) is 10.9 Å². The Morgan fingerprint density at radius 1 is 1.31 bits per heavy atom. The van der Waals surface area contributed by atoms with Crippen LogP contribution in [-0.2, 0) is 12.6 Å². The first-order valence-electron chi connectivity index (χ1n) is 4.80. The monoisotopic (exact) mass is 225 g/mol. The number of fused-ring (bicyclic) bond motifs is 1. The molecule has 0 unspecified atom stereocenters. The van der Waals surface area contributed by atoms with Crippen LogP contribution in [0.15, 0.2) is 37.1 Å². The average Bonchev–Trinajstić information content (AvgIpc) is 2.60. The van der Waals surface area contributed by atoms with E-state index >= 15 is 0 Å². The van der Waals surface area contributed by atoms with E-state index in [9.17, 15) is 13.2 Å². The minimum absolute atomic E-state index is 0.506. The summed E-state index contributed by atoms with van der Waals surface area (Å²) in [5, 5.41) is 0.813. The fourth-order valence-corrected chi connectivity index (χ4v) is 1.69. The minimum atomic E-state index is -4.29. The summed E-state index contributed by atoms with van der Waals surface area (Å²) in [6, 6.07) is 3.72. The predicted octanol–water partition coefficient (Wildman–Crippen LogP) is 3.92. The highest BCUT2D eigenvalue weighted by Gasteiger charge is 2.30. The maximum absolute atomic E-state index is 12.4. The lowest BCUT2D eigenvalue weighted by atomic mass is 10.1. The van der Waals surface area contributed by atoms with Crippen molar-refractivity contribution < 1.29 is 13.2 Å². The Kier molecular flexibility index (Phi) is 2.50. The largest absolute Gasteiger partial charge is 0.416 e. The summed E-state index contributed by atoms with van der Waals surface area (Å²) in [6.45, 7) is 3.61. The number of nitrogens with one attached hydrogen (secondary N) is 1. The second-order valence-corrected chi connectivity index (χ2v) is 3.56. The SMILES string of the molecule is C=CCc1c[nH]c2cc(C(F)(F)F)ccc12. The van der Waals surface area contributed by atoms with Gasteiger partial charge in [0, 0.05) is 17.1 Å². The molecule has 0 atom stereocenters. The molecule has 0 spiro atoms. The van der Waals surface area contributed by atoms with Crippen molar-refractivity contribution in [3.05, 3.63) is 48.2 Å². The van der Waals surface area contributed by atoms with Crippen LogP contribution in [0.4, 0.5) is 13.2 Å². The van der Waals surface area contributed by atoms with Gasteiger partial charge in [0.1, 0.15) is 0 Å². The highest BCUT2D eigenvalue weighted by molar-refractivity contribution is 5.84. The number of hydrogen-bond donors (Lipinski definition) is 1. The lowest BCUT2D eigenvalue weighted by Crippen LogP contribution is -2.04. The Labute approximate surface area is 90.6 Å². The Balaban J connectivity index is 2.53. The van der Waals surface area contributed by atoms with Crippen LogP contribution >= 0.6 is 0 Å². The van der Waals surface area contributed by atoms with E-state index in [2.05, 4.69) is 11.6 Å². The summed E-state index contributed by atoms with van der Waals surface area (Å²) < 4.78 is 37.3. The molecule has 0 bridgehead atoms. The van der Waals surface area contributed by atoms with Gasteiger partial charge < -0.3 is 4.98 Å².